The molecule has 112 valence electrons. The smallest absolute Gasteiger partial charge is 0.310 e. The lowest BCUT2D eigenvalue weighted by Crippen LogP contribution is -2.16. The number of hydrogen-bond acceptors (Lipinski definition) is 5. The number of nitrogens with zero attached hydrogens (tertiary/aromatic N) is 1. The third kappa shape index (κ3) is 3.39. The standard InChI is InChI=1S/C15H18N2O4/c1-8-5-13(9(2)16-8)14(18)7-20-15(19)6-12-10(3)17-21-11(12)4/h5,16H,6-7H2,1-4H3. The van der Waals surface area contributed by atoms with Crippen LogP contribution in [-0.2, 0) is 16.0 Å². The van der Waals surface area contributed by atoms with Crippen LogP contribution in [0.25, 0.3) is 0 Å². The van der Waals surface area contributed by atoms with Crippen molar-refractivity contribution in [1.29, 1.82) is 0 Å². The molecule has 2 aromatic rings. The highest BCUT2D eigenvalue weighted by molar-refractivity contribution is 5.99. The van der Waals surface area contributed by atoms with Crippen LogP contribution in [0.2, 0.25) is 0 Å². The molecule has 6 heteroatoms. The largest absolute Gasteiger partial charge is 0.457 e. The number of aromatic nitrogens is 2. The Balaban J connectivity index is 1.93. The number of carbonyl (C=O) groups excluding carboxylic acids is 2. The van der Waals surface area contributed by atoms with Crippen LogP contribution >= 0.6 is 0 Å². The molecule has 21 heavy (non-hydrogen) atoms. The van der Waals surface area contributed by atoms with Gasteiger partial charge in [0.05, 0.1) is 12.1 Å². The second kappa shape index (κ2) is 5.95. The van der Waals surface area contributed by atoms with Crippen molar-refractivity contribution < 1.29 is 18.8 Å². The first-order valence-electron chi connectivity index (χ1n) is 6.65. The molecule has 0 aliphatic heterocycles. The van der Waals surface area contributed by atoms with E-state index in [-0.39, 0.29) is 18.8 Å². The average Bonchev–Trinajstić information content (AvgIpc) is 2.92. The molecular formula is C15H18N2O4. The Kier molecular flexibility index (Phi) is 4.26. The molecule has 6 nitrogen and oxygen atoms in total. The van der Waals surface area contributed by atoms with Gasteiger partial charge in [-0.1, -0.05) is 5.16 Å². The molecule has 0 spiro atoms. The zero-order valence-electron chi connectivity index (χ0n) is 12.6. The van der Waals surface area contributed by atoms with E-state index in [1.54, 1.807) is 19.9 Å². The van der Waals surface area contributed by atoms with Gasteiger partial charge < -0.3 is 14.2 Å². The van der Waals surface area contributed by atoms with Gasteiger partial charge in [0, 0.05) is 22.5 Å². The van der Waals surface area contributed by atoms with Gasteiger partial charge in [-0.2, -0.15) is 0 Å². The minimum Gasteiger partial charge on any atom is -0.457 e. The predicted molar refractivity (Wildman–Crippen MR) is 75.2 cm³/mol. The fraction of sp³-hybridized carbons (Fsp3) is 0.400. The number of nitrogens with one attached hydrogen (secondary N) is 1. The Bertz CT molecular complexity index is 662. The maximum Gasteiger partial charge on any atom is 0.310 e. The monoisotopic (exact) mass is 290 g/mol. The molecule has 0 aliphatic carbocycles. The van der Waals surface area contributed by atoms with E-state index in [1.807, 2.05) is 13.8 Å². The molecule has 0 aromatic carbocycles. The summed E-state index contributed by atoms with van der Waals surface area (Å²) in [5.41, 5.74) is 3.60. The van der Waals surface area contributed by atoms with Crippen molar-refractivity contribution in [2.45, 2.75) is 34.1 Å². The van der Waals surface area contributed by atoms with Crippen LogP contribution in [0, 0.1) is 27.7 Å². The number of ether oxygens (including phenoxy) is 1. The molecule has 2 heterocycles. The Morgan fingerprint density at radius 1 is 1.29 bits per heavy atom. The maximum atomic E-state index is 12.0. The summed E-state index contributed by atoms with van der Waals surface area (Å²) >= 11 is 0. The summed E-state index contributed by atoms with van der Waals surface area (Å²) in [6.45, 7) is 6.91. The lowest BCUT2D eigenvalue weighted by atomic mass is 10.1. The van der Waals surface area contributed by atoms with E-state index in [0.717, 1.165) is 11.4 Å². The number of rotatable bonds is 5. The highest BCUT2D eigenvalue weighted by Crippen LogP contribution is 2.14. The fourth-order valence-corrected chi connectivity index (χ4v) is 2.19. The number of ketones is 1. The molecule has 0 fully saturated rings. The van der Waals surface area contributed by atoms with Crippen LogP contribution < -0.4 is 0 Å². The van der Waals surface area contributed by atoms with Gasteiger partial charge in [0.25, 0.3) is 0 Å². The highest BCUT2D eigenvalue weighted by atomic mass is 16.5. The molecule has 0 atom stereocenters. The SMILES string of the molecule is Cc1cc(C(=O)COC(=O)Cc2c(C)noc2C)c(C)[nH]1. The lowest BCUT2D eigenvalue weighted by Gasteiger charge is -2.04. The predicted octanol–water partition coefficient (Wildman–Crippen LogP) is 2.20. The van der Waals surface area contributed by atoms with Gasteiger partial charge in [0.1, 0.15) is 5.76 Å². The van der Waals surface area contributed by atoms with Gasteiger partial charge in [-0.25, -0.2) is 0 Å². The minimum absolute atomic E-state index is 0.0552. The third-order valence-corrected chi connectivity index (χ3v) is 3.32. The van der Waals surface area contributed by atoms with Gasteiger partial charge in [0.15, 0.2) is 6.61 Å². The van der Waals surface area contributed by atoms with Crippen molar-refractivity contribution in [1.82, 2.24) is 10.1 Å². The Morgan fingerprint density at radius 3 is 2.52 bits per heavy atom. The molecule has 0 amide bonds. The molecule has 0 unspecified atom stereocenters. The van der Waals surface area contributed by atoms with E-state index in [2.05, 4.69) is 10.1 Å². The molecule has 0 radical (unpaired) electrons. The summed E-state index contributed by atoms with van der Waals surface area (Å²) in [5, 5.41) is 3.77. The van der Waals surface area contributed by atoms with Crippen molar-refractivity contribution in [2.24, 2.45) is 0 Å². The topological polar surface area (TPSA) is 85.2 Å². The summed E-state index contributed by atoms with van der Waals surface area (Å²) in [6, 6.07) is 1.75. The summed E-state index contributed by atoms with van der Waals surface area (Å²) in [5.74, 6) is -0.0977. The molecule has 1 N–H and O–H groups in total. The number of carbonyl (C=O) groups is 2. The lowest BCUT2D eigenvalue weighted by molar-refractivity contribution is -0.141. The summed E-state index contributed by atoms with van der Waals surface area (Å²) in [4.78, 5) is 26.8. The maximum absolute atomic E-state index is 12.0. The van der Waals surface area contributed by atoms with Gasteiger partial charge in [-0.05, 0) is 33.8 Å². The fourth-order valence-electron chi connectivity index (χ4n) is 2.19. The first-order valence-corrected chi connectivity index (χ1v) is 6.65. The van der Waals surface area contributed by atoms with Gasteiger partial charge in [0.2, 0.25) is 5.78 Å². The van der Waals surface area contributed by atoms with E-state index in [1.165, 1.54) is 0 Å². The van der Waals surface area contributed by atoms with Crippen LogP contribution in [0.4, 0.5) is 0 Å². The van der Waals surface area contributed by atoms with Crippen LogP contribution in [0.15, 0.2) is 10.6 Å². The Labute approximate surface area is 122 Å². The Hall–Kier alpha value is -2.37. The van der Waals surface area contributed by atoms with E-state index >= 15 is 0 Å². The van der Waals surface area contributed by atoms with Crippen LogP contribution in [0.3, 0.4) is 0 Å². The van der Waals surface area contributed by atoms with Crippen molar-refractivity contribution >= 4 is 11.8 Å². The second-order valence-corrected chi connectivity index (χ2v) is 5.05. The zero-order chi connectivity index (χ0) is 15.6. The van der Waals surface area contributed by atoms with E-state index < -0.39 is 5.97 Å². The van der Waals surface area contributed by atoms with Crippen molar-refractivity contribution in [2.75, 3.05) is 6.61 Å². The molecule has 2 aromatic heterocycles. The van der Waals surface area contributed by atoms with Crippen LogP contribution in [0.5, 0.6) is 0 Å². The first kappa shape index (κ1) is 15.0. The number of H-pyrrole nitrogens is 1. The van der Waals surface area contributed by atoms with Gasteiger partial charge >= 0.3 is 5.97 Å². The number of aryl methyl sites for hydroxylation is 4. The Morgan fingerprint density at radius 2 is 2.00 bits per heavy atom. The van der Waals surface area contributed by atoms with E-state index in [4.69, 9.17) is 9.26 Å². The van der Waals surface area contributed by atoms with Crippen molar-refractivity contribution in [3.63, 3.8) is 0 Å². The van der Waals surface area contributed by atoms with Gasteiger partial charge in [-0.15, -0.1) is 0 Å². The number of aromatic amines is 1. The van der Waals surface area contributed by atoms with Crippen molar-refractivity contribution in [3.8, 4) is 0 Å². The third-order valence-electron chi connectivity index (χ3n) is 3.32. The number of Topliss-reactive ketones (excluding diaryl/α,β-unsaturated/α-hetero) is 1. The van der Waals surface area contributed by atoms with Crippen molar-refractivity contribution in [3.05, 3.63) is 40.0 Å². The first-order chi connectivity index (χ1) is 9.88. The zero-order valence-corrected chi connectivity index (χ0v) is 12.6. The molecule has 2 rings (SSSR count). The van der Waals surface area contributed by atoms with Crippen LogP contribution in [0.1, 0.15) is 38.8 Å². The minimum atomic E-state index is -0.470. The number of esters is 1. The molecular weight excluding hydrogens is 272 g/mol. The quantitative estimate of drug-likeness (QED) is 0.674. The molecule has 0 aliphatic rings. The van der Waals surface area contributed by atoms with Gasteiger partial charge in [-0.3, -0.25) is 9.59 Å². The normalized spacial score (nSPS) is 10.7. The van der Waals surface area contributed by atoms with E-state index in [9.17, 15) is 9.59 Å². The number of hydrogen-bond donors (Lipinski definition) is 1. The van der Waals surface area contributed by atoms with E-state index in [0.29, 0.717) is 22.6 Å². The second-order valence-electron chi connectivity index (χ2n) is 5.05. The summed E-state index contributed by atoms with van der Waals surface area (Å²) in [7, 11) is 0. The van der Waals surface area contributed by atoms with Crippen LogP contribution in [-0.4, -0.2) is 28.5 Å². The molecule has 0 saturated heterocycles. The highest BCUT2D eigenvalue weighted by Gasteiger charge is 2.17. The summed E-state index contributed by atoms with van der Waals surface area (Å²) < 4.78 is 10.0. The molecule has 0 saturated carbocycles. The molecule has 0 bridgehead atoms. The average molecular weight is 290 g/mol. The summed E-state index contributed by atoms with van der Waals surface area (Å²) in [6.07, 6.45) is 0.0552.